The summed E-state index contributed by atoms with van der Waals surface area (Å²) in [5.74, 6) is 0. The van der Waals surface area contributed by atoms with Gasteiger partial charge >= 0.3 is 0 Å². The van der Waals surface area contributed by atoms with Crippen molar-refractivity contribution in [3.63, 3.8) is 0 Å². The maximum Gasteiger partial charge on any atom is 0 e. The van der Waals surface area contributed by atoms with Crippen LogP contribution >= 0.6 is 0 Å². The molecule has 0 unspecified atom stereocenters. The summed E-state index contributed by atoms with van der Waals surface area (Å²) in [7, 11) is 0. The van der Waals surface area contributed by atoms with Gasteiger partial charge in [0.05, 0.1) is 0 Å². The van der Waals surface area contributed by atoms with Gasteiger partial charge in [-0.3, -0.25) is 0 Å². The monoisotopic (exact) mass is 193 g/mol. The van der Waals surface area contributed by atoms with Crippen LogP contribution in [0.1, 0.15) is 19.8 Å². The number of hydrogen-bond acceptors (Lipinski definition) is 1. The third kappa shape index (κ3) is 8.83. The summed E-state index contributed by atoms with van der Waals surface area (Å²) in [5.41, 5.74) is 5.14. The Hall–Kier alpha value is 0.759. The summed E-state index contributed by atoms with van der Waals surface area (Å²) in [4.78, 5) is 0. The second-order valence-corrected chi connectivity index (χ2v) is 1.14. The molecular weight excluding hydrogens is 181 g/mol. The first-order valence-electron chi connectivity index (χ1n) is 2.12. The van der Waals surface area contributed by atoms with Crippen molar-refractivity contribution in [2.75, 3.05) is 6.54 Å². The minimum Gasteiger partial charge on any atom is -0.330 e. The van der Waals surface area contributed by atoms with Crippen LogP contribution in [-0.4, -0.2) is 30.5 Å². The van der Waals surface area contributed by atoms with Crippen molar-refractivity contribution in [3.05, 3.63) is 0 Å². The van der Waals surface area contributed by atoms with Crippen LogP contribution in [-0.2, 0) is 0 Å². The van der Waals surface area contributed by atoms with Crippen LogP contribution in [0.4, 0.5) is 0 Å². The maximum atomic E-state index is 5.14. The molecule has 0 heterocycles. The Morgan fingerprint density at radius 2 is 2.00 bits per heavy atom. The Kier molecular flexibility index (Phi) is 15.2. The van der Waals surface area contributed by atoms with Crippen LogP contribution in [0.25, 0.3) is 0 Å². The number of hydrogen-bond donors (Lipinski definition) is 1. The molecule has 0 aliphatic rings. The molecule has 0 fully saturated rings. The summed E-state index contributed by atoms with van der Waals surface area (Å²) in [6.07, 6.45) is 2.39. The van der Waals surface area contributed by atoms with Crippen molar-refractivity contribution in [2.24, 2.45) is 5.73 Å². The molecule has 0 bridgehead atoms. The summed E-state index contributed by atoms with van der Waals surface area (Å²) >= 11 is 0. The van der Waals surface area contributed by atoms with E-state index in [2.05, 4.69) is 6.92 Å². The topological polar surface area (TPSA) is 26.0 Å². The van der Waals surface area contributed by atoms with Crippen LogP contribution in [0.3, 0.4) is 0 Å². The number of rotatable bonds is 2. The van der Waals surface area contributed by atoms with Gasteiger partial charge in [-0.15, -0.1) is 0 Å². The average Bonchev–Trinajstić information content (AvgIpc) is 1.41. The van der Waals surface area contributed by atoms with Gasteiger partial charge in [0, 0.05) is 23.9 Å². The average molecular weight is 192 g/mol. The fourth-order valence-electron chi connectivity index (χ4n) is 0.204. The molecule has 0 spiro atoms. The van der Waals surface area contributed by atoms with Gasteiger partial charge in [0.2, 0.25) is 0 Å². The first-order valence-corrected chi connectivity index (χ1v) is 2.12. The molecule has 0 saturated carbocycles. The van der Waals surface area contributed by atoms with E-state index in [0.717, 1.165) is 6.54 Å². The molecule has 6 heavy (non-hydrogen) atoms. The summed E-state index contributed by atoms with van der Waals surface area (Å²) in [6.45, 7) is 2.98. The fourth-order valence-corrected chi connectivity index (χ4v) is 0.204. The van der Waals surface area contributed by atoms with Crippen LogP contribution < -0.4 is 5.73 Å². The van der Waals surface area contributed by atoms with E-state index in [9.17, 15) is 0 Å². The smallest absolute Gasteiger partial charge is 0 e. The Morgan fingerprint density at radius 3 is 2.00 bits per heavy atom. The van der Waals surface area contributed by atoms with Crippen molar-refractivity contribution >= 4 is 23.9 Å². The van der Waals surface area contributed by atoms with Gasteiger partial charge < -0.3 is 5.73 Å². The number of unbranched alkanes of at least 4 members (excludes halogenated alkanes) is 1. The molecule has 1 nitrogen and oxygen atoms in total. The van der Waals surface area contributed by atoms with Crippen molar-refractivity contribution in [2.45, 2.75) is 19.8 Å². The molecule has 4 radical (unpaired) electrons. The Bertz CT molecular complexity index is 15.0. The van der Waals surface area contributed by atoms with E-state index in [1.165, 1.54) is 12.8 Å². The normalized spacial score (nSPS) is 7.00. The molecule has 0 aromatic carbocycles. The van der Waals surface area contributed by atoms with Crippen LogP contribution in [0, 0.1) is 0 Å². The van der Waals surface area contributed by atoms with Gasteiger partial charge in [-0.25, -0.2) is 0 Å². The zero-order chi connectivity index (χ0) is 4.12. The second kappa shape index (κ2) is 9.23. The quantitative estimate of drug-likeness (QED) is 0.628. The summed E-state index contributed by atoms with van der Waals surface area (Å²) in [5, 5.41) is 0. The Balaban J connectivity index is 0. The molecular formula is C4H11NSn. The Morgan fingerprint density at radius 1 is 1.50 bits per heavy atom. The minimum absolute atomic E-state index is 0. The third-order valence-electron chi connectivity index (χ3n) is 0.558. The van der Waals surface area contributed by atoms with Gasteiger partial charge in [-0.2, -0.15) is 0 Å². The Labute approximate surface area is 56.3 Å². The first kappa shape index (κ1) is 9.90. The molecule has 0 aromatic rings. The zero-order valence-corrected chi connectivity index (χ0v) is 7.05. The van der Waals surface area contributed by atoms with E-state index in [-0.39, 0.29) is 23.9 Å². The molecule has 0 amide bonds. The summed E-state index contributed by atoms with van der Waals surface area (Å²) in [6, 6.07) is 0. The van der Waals surface area contributed by atoms with Gasteiger partial charge in [-0.05, 0) is 13.0 Å². The van der Waals surface area contributed by atoms with E-state index in [0.29, 0.717) is 0 Å². The minimum atomic E-state index is 0. The van der Waals surface area contributed by atoms with Crippen molar-refractivity contribution in [3.8, 4) is 0 Å². The summed E-state index contributed by atoms with van der Waals surface area (Å²) < 4.78 is 0. The van der Waals surface area contributed by atoms with Crippen molar-refractivity contribution < 1.29 is 0 Å². The molecule has 2 N–H and O–H groups in total. The van der Waals surface area contributed by atoms with E-state index in [1.807, 2.05) is 0 Å². The van der Waals surface area contributed by atoms with Crippen LogP contribution in [0.5, 0.6) is 0 Å². The van der Waals surface area contributed by atoms with Gasteiger partial charge in [0.15, 0.2) is 0 Å². The van der Waals surface area contributed by atoms with Gasteiger partial charge in [0.1, 0.15) is 0 Å². The zero-order valence-electron chi connectivity index (χ0n) is 4.20. The van der Waals surface area contributed by atoms with Crippen LogP contribution in [0.2, 0.25) is 0 Å². The van der Waals surface area contributed by atoms with Crippen LogP contribution in [0.15, 0.2) is 0 Å². The van der Waals surface area contributed by atoms with E-state index in [4.69, 9.17) is 5.73 Å². The molecule has 36 valence electrons. The van der Waals surface area contributed by atoms with Crippen molar-refractivity contribution in [1.29, 1.82) is 0 Å². The molecule has 0 aromatic heterocycles. The van der Waals surface area contributed by atoms with Gasteiger partial charge in [-0.1, -0.05) is 13.3 Å². The molecule has 0 atom stereocenters. The SMILES string of the molecule is CCCCN.[Sn]. The predicted molar refractivity (Wildman–Crippen MR) is 29.7 cm³/mol. The van der Waals surface area contributed by atoms with E-state index >= 15 is 0 Å². The predicted octanol–water partition coefficient (Wildman–Crippen LogP) is 0.364. The molecule has 0 rings (SSSR count). The standard InChI is InChI=1S/C4H11N.Sn/c1-2-3-4-5;/h2-5H2,1H3;. The maximum absolute atomic E-state index is 5.14. The molecule has 0 aliphatic carbocycles. The van der Waals surface area contributed by atoms with E-state index in [1.54, 1.807) is 0 Å². The third-order valence-corrected chi connectivity index (χ3v) is 0.558. The largest absolute Gasteiger partial charge is 0.330 e. The second-order valence-electron chi connectivity index (χ2n) is 1.14. The van der Waals surface area contributed by atoms with Gasteiger partial charge in [0.25, 0.3) is 0 Å². The molecule has 0 aliphatic heterocycles. The van der Waals surface area contributed by atoms with E-state index < -0.39 is 0 Å². The van der Waals surface area contributed by atoms with Crippen molar-refractivity contribution in [1.82, 2.24) is 0 Å². The molecule has 2 heteroatoms. The first-order chi connectivity index (χ1) is 2.41. The number of nitrogens with two attached hydrogens (primary N) is 1. The fraction of sp³-hybridized carbons (Fsp3) is 1.00. The molecule has 0 saturated heterocycles.